The Morgan fingerprint density at radius 3 is 2.75 bits per heavy atom. The molecule has 0 amide bonds. The number of hydrogen-bond acceptors (Lipinski definition) is 4. The maximum Gasteiger partial charge on any atom is 0.160 e. The van der Waals surface area contributed by atoms with Crippen molar-refractivity contribution in [3.8, 4) is 11.5 Å². The molecular weight excluding hydrogens is 274 g/mol. The zero-order chi connectivity index (χ0) is 12.1. The zero-order valence-corrected chi connectivity index (χ0v) is 10.9. The van der Waals surface area contributed by atoms with Gasteiger partial charge in [-0.3, -0.25) is 0 Å². The first-order chi connectivity index (χ1) is 7.58. The monoisotopic (exact) mass is 289 g/mol. The number of phenols is 1. The highest BCUT2D eigenvalue weighted by molar-refractivity contribution is 9.10. The summed E-state index contributed by atoms with van der Waals surface area (Å²) in [4.78, 5) is 0. The molecule has 0 aliphatic heterocycles. The number of aliphatic hydroxyl groups is 1. The Bertz CT molecular complexity index is 357. The number of ether oxygens (including phenoxy) is 1. The van der Waals surface area contributed by atoms with Crippen LogP contribution >= 0.6 is 15.9 Å². The second-order valence-electron chi connectivity index (χ2n) is 3.58. The summed E-state index contributed by atoms with van der Waals surface area (Å²) in [5, 5.41) is 21.6. The minimum atomic E-state index is 0.0340. The molecule has 0 aliphatic rings. The summed E-state index contributed by atoms with van der Waals surface area (Å²) in [6.07, 6.45) is 0. The summed E-state index contributed by atoms with van der Waals surface area (Å²) in [5.41, 5.74) is 0.968. The number of aliphatic hydroxyl groups excluding tert-OH is 1. The van der Waals surface area contributed by atoms with Crippen molar-refractivity contribution < 1.29 is 14.9 Å². The normalized spacial score (nSPS) is 12.5. The van der Waals surface area contributed by atoms with Gasteiger partial charge in [0.25, 0.3) is 0 Å². The van der Waals surface area contributed by atoms with E-state index in [1.54, 1.807) is 12.1 Å². The molecule has 1 aromatic rings. The molecule has 3 N–H and O–H groups in total. The molecule has 90 valence electrons. The first kappa shape index (κ1) is 13.3. The van der Waals surface area contributed by atoms with Gasteiger partial charge in [-0.05, 0) is 24.6 Å². The predicted octanol–water partition coefficient (Wildman–Crippen LogP) is 1.63. The highest BCUT2D eigenvalue weighted by Gasteiger charge is 2.08. The SMILES string of the molecule is COc1cc(CN[C@@H](C)CO)c(Br)cc1O. The third kappa shape index (κ3) is 3.37. The second kappa shape index (κ2) is 6.08. The van der Waals surface area contributed by atoms with E-state index < -0.39 is 0 Å². The molecule has 5 heteroatoms. The average Bonchev–Trinajstić information content (AvgIpc) is 2.27. The summed E-state index contributed by atoms with van der Waals surface area (Å²) in [6, 6.07) is 3.39. The summed E-state index contributed by atoms with van der Waals surface area (Å²) >= 11 is 3.36. The van der Waals surface area contributed by atoms with Crippen molar-refractivity contribution in [3.05, 3.63) is 22.2 Å². The number of rotatable bonds is 5. The van der Waals surface area contributed by atoms with Crippen LogP contribution in [0.1, 0.15) is 12.5 Å². The van der Waals surface area contributed by atoms with Gasteiger partial charge in [-0.1, -0.05) is 15.9 Å². The van der Waals surface area contributed by atoms with Crippen molar-refractivity contribution in [2.45, 2.75) is 19.5 Å². The first-order valence-electron chi connectivity index (χ1n) is 4.98. The third-order valence-corrected chi connectivity index (χ3v) is 3.00. The Morgan fingerprint density at radius 1 is 1.50 bits per heavy atom. The van der Waals surface area contributed by atoms with Crippen LogP contribution in [0, 0.1) is 0 Å². The van der Waals surface area contributed by atoms with Crippen LogP contribution in [0.4, 0.5) is 0 Å². The number of benzene rings is 1. The molecule has 0 aliphatic carbocycles. The second-order valence-corrected chi connectivity index (χ2v) is 4.43. The van der Waals surface area contributed by atoms with Crippen LogP contribution < -0.4 is 10.1 Å². The van der Waals surface area contributed by atoms with Crippen molar-refractivity contribution >= 4 is 15.9 Å². The third-order valence-electron chi connectivity index (χ3n) is 2.26. The molecule has 0 aromatic heterocycles. The highest BCUT2D eigenvalue weighted by Crippen LogP contribution is 2.32. The summed E-state index contributed by atoms with van der Waals surface area (Å²) in [7, 11) is 1.51. The first-order valence-corrected chi connectivity index (χ1v) is 5.77. The van der Waals surface area contributed by atoms with Gasteiger partial charge >= 0.3 is 0 Å². The van der Waals surface area contributed by atoms with Gasteiger partial charge in [-0.15, -0.1) is 0 Å². The van der Waals surface area contributed by atoms with Crippen molar-refractivity contribution in [3.63, 3.8) is 0 Å². The minimum Gasteiger partial charge on any atom is -0.504 e. The lowest BCUT2D eigenvalue weighted by atomic mass is 10.2. The van der Waals surface area contributed by atoms with Crippen LogP contribution in [0.3, 0.4) is 0 Å². The van der Waals surface area contributed by atoms with Crippen LogP contribution in [0.5, 0.6) is 11.5 Å². The van der Waals surface area contributed by atoms with Gasteiger partial charge in [0.15, 0.2) is 11.5 Å². The molecule has 0 bridgehead atoms. The van der Waals surface area contributed by atoms with E-state index in [-0.39, 0.29) is 18.4 Å². The van der Waals surface area contributed by atoms with E-state index in [0.717, 1.165) is 10.0 Å². The molecule has 4 nitrogen and oxygen atoms in total. The number of halogens is 1. The predicted molar refractivity (Wildman–Crippen MR) is 65.7 cm³/mol. The fraction of sp³-hybridized carbons (Fsp3) is 0.455. The highest BCUT2D eigenvalue weighted by atomic mass is 79.9. The van der Waals surface area contributed by atoms with E-state index in [2.05, 4.69) is 21.2 Å². The Hall–Kier alpha value is -0.780. The average molecular weight is 290 g/mol. The number of methoxy groups -OCH3 is 1. The largest absolute Gasteiger partial charge is 0.504 e. The van der Waals surface area contributed by atoms with Gasteiger partial charge in [0.1, 0.15) is 0 Å². The van der Waals surface area contributed by atoms with E-state index in [1.165, 1.54) is 7.11 Å². The zero-order valence-electron chi connectivity index (χ0n) is 9.33. The Balaban J connectivity index is 2.79. The van der Waals surface area contributed by atoms with E-state index in [4.69, 9.17) is 9.84 Å². The quantitative estimate of drug-likeness (QED) is 0.771. The van der Waals surface area contributed by atoms with Gasteiger partial charge in [0.2, 0.25) is 0 Å². The Labute approximate surface area is 103 Å². The Kier molecular flexibility index (Phi) is 5.05. The molecule has 0 saturated carbocycles. The molecule has 1 atom stereocenters. The van der Waals surface area contributed by atoms with Crippen molar-refractivity contribution in [2.75, 3.05) is 13.7 Å². The molecule has 0 heterocycles. The standard InChI is InChI=1S/C11H16BrNO3/c1-7(6-14)13-5-8-3-11(16-2)10(15)4-9(8)12/h3-4,7,13-15H,5-6H2,1-2H3/t7-/m0/s1. The van der Waals surface area contributed by atoms with Gasteiger partial charge in [-0.2, -0.15) is 0 Å². The molecule has 0 fully saturated rings. The molecule has 0 saturated heterocycles. The van der Waals surface area contributed by atoms with Gasteiger partial charge < -0.3 is 20.3 Å². The number of aromatic hydroxyl groups is 1. The molecule has 0 spiro atoms. The van der Waals surface area contributed by atoms with E-state index in [0.29, 0.717) is 12.3 Å². The lowest BCUT2D eigenvalue weighted by Crippen LogP contribution is -2.28. The van der Waals surface area contributed by atoms with Gasteiger partial charge in [0.05, 0.1) is 13.7 Å². The maximum absolute atomic E-state index is 9.52. The van der Waals surface area contributed by atoms with Crippen molar-refractivity contribution in [2.24, 2.45) is 0 Å². The fourth-order valence-corrected chi connectivity index (χ4v) is 1.70. The Morgan fingerprint density at radius 2 is 2.19 bits per heavy atom. The van der Waals surface area contributed by atoms with E-state index >= 15 is 0 Å². The van der Waals surface area contributed by atoms with E-state index in [9.17, 15) is 5.11 Å². The van der Waals surface area contributed by atoms with Crippen molar-refractivity contribution in [1.82, 2.24) is 5.32 Å². The minimum absolute atomic E-state index is 0.0340. The fourth-order valence-electron chi connectivity index (χ4n) is 1.23. The lowest BCUT2D eigenvalue weighted by Gasteiger charge is -2.13. The molecule has 1 aromatic carbocycles. The number of hydrogen-bond donors (Lipinski definition) is 3. The number of nitrogens with one attached hydrogen (secondary N) is 1. The van der Waals surface area contributed by atoms with Crippen LogP contribution in [0.15, 0.2) is 16.6 Å². The summed E-state index contributed by atoms with van der Waals surface area (Å²) in [5.74, 6) is 0.546. The van der Waals surface area contributed by atoms with Gasteiger partial charge in [-0.25, -0.2) is 0 Å². The van der Waals surface area contributed by atoms with E-state index in [1.807, 2.05) is 6.92 Å². The van der Waals surface area contributed by atoms with Crippen LogP contribution in [0.2, 0.25) is 0 Å². The molecule has 16 heavy (non-hydrogen) atoms. The van der Waals surface area contributed by atoms with Gasteiger partial charge in [0, 0.05) is 17.1 Å². The lowest BCUT2D eigenvalue weighted by molar-refractivity contribution is 0.251. The van der Waals surface area contributed by atoms with Crippen LogP contribution in [-0.4, -0.2) is 30.0 Å². The maximum atomic E-state index is 9.52. The topological polar surface area (TPSA) is 61.7 Å². The van der Waals surface area contributed by atoms with Crippen LogP contribution in [-0.2, 0) is 6.54 Å². The summed E-state index contributed by atoms with van der Waals surface area (Å²) in [6.45, 7) is 2.58. The smallest absolute Gasteiger partial charge is 0.160 e. The number of phenolic OH excluding ortho intramolecular Hbond substituents is 1. The van der Waals surface area contributed by atoms with Crippen molar-refractivity contribution in [1.29, 1.82) is 0 Å². The molecule has 0 radical (unpaired) electrons. The molecular formula is C11H16BrNO3. The molecule has 1 rings (SSSR count). The molecule has 0 unspecified atom stereocenters. The summed E-state index contributed by atoms with van der Waals surface area (Å²) < 4.78 is 5.83. The van der Waals surface area contributed by atoms with Crippen LogP contribution in [0.25, 0.3) is 0 Å².